The zero-order valence-electron chi connectivity index (χ0n) is 13.4. The molecule has 0 saturated heterocycles. The summed E-state index contributed by atoms with van der Waals surface area (Å²) in [5.41, 5.74) is 3.17. The van der Waals surface area contributed by atoms with Crippen molar-refractivity contribution in [3.8, 4) is 22.8 Å². The van der Waals surface area contributed by atoms with E-state index in [0.717, 1.165) is 16.6 Å². The summed E-state index contributed by atoms with van der Waals surface area (Å²) in [6, 6.07) is 17.8. The molecule has 2 aromatic carbocycles. The van der Waals surface area contributed by atoms with Crippen molar-refractivity contribution in [2.45, 2.75) is 6.92 Å². The van der Waals surface area contributed by atoms with Gasteiger partial charge in [-0.05, 0) is 43.3 Å². The maximum Gasteiger partial charge on any atom is 0.179 e. The van der Waals surface area contributed by atoms with Crippen LogP contribution in [0, 0.1) is 12.7 Å². The maximum atomic E-state index is 14.5. The Bertz CT molecular complexity index is 1100. The van der Waals surface area contributed by atoms with Gasteiger partial charge in [-0.3, -0.25) is 0 Å². The lowest BCUT2D eigenvalue weighted by Gasteiger charge is -2.10. The van der Waals surface area contributed by atoms with Crippen LogP contribution in [0.3, 0.4) is 0 Å². The van der Waals surface area contributed by atoms with E-state index in [1.165, 1.54) is 6.07 Å². The average Bonchev–Trinajstić information content (AvgIpc) is 2.61. The summed E-state index contributed by atoms with van der Waals surface area (Å²) in [6.45, 7) is 1.91. The molecule has 3 nitrogen and oxygen atoms in total. The summed E-state index contributed by atoms with van der Waals surface area (Å²) >= 11 is 5.88. The lowest BCUT2D eigenvalue weighted by atomic mass is 10.1. The van der Waals surface area contributed by atoms with Gasteiger partial charge in [0.1, 0.15) is 11.5 Å². The topological polar surface area (TPSA) is 38.7 Å². The molecule has 0 fully saturated rings. The lowest BCUT2D eigenvalue weighted by Crippen LogP contribution is -1.98. The van der Waals surface area contributed by atoms with Crippen molar-refractivity contribution in [1.29, 1.82) is 0 Å². The first-order chi connectivity index (χ1) is 12.1. The average molecular weight is 350 g/mol. The van der Waals surface area contributed by atoms with Gasteiger partial charge < -0.3 is 0 Å². The number of para-hydroxylation sites is 1. The van der Waals surface area contributed by atoms with E-state index in [9.17, 15) is 4.39 Å². The van der Waals surface area contributed by atoms with Gasteiger partial charge in [0.15, 0.2) is 5.82 Å². The molecule has 0 aliphatic carbocycles. The Kier molecular flexibility index (Phi) is 3.90. The van der Waals surface area contributed by atoms with Crippen molar-refractivity contribution < 1.29 is 4.39 Å². The van der Waals surface area contributed by atoms with Gasteiger partial charge in [-0.25, -0.2) is 19.3 Å². The second-order valence-corrected chi connectivity index (χ2v) is 6.14. The molecule has 122 valence electrons. The van der Waals surface area contributed by atoms with Gasteiger partial charge in [-0.15, -0.1) is 0 Å². The van der Waals surface area contributed by atoms with Crippen molar-refractivity contribution in [3.05, 3.63) is 77.2 Å². The third-order valence-electron chi connectivity index (χ3n) is 3.91. The Morgan fingerprint density at radius 1 is 0.880 bits per heavy atom. The molecule has 0 radical (unpaired) electrons. The van der Waals surface area contributed by atoms with E-state index < -0.39 is 5.82 Å². The molecule has 4 aromatic rings. The number of halogens is 2. The fourth-order valence-electron chi connectivity index (χ4n) is 2.75. The highest BCUT2D eigenvalue weighted by molar-refractivity contribution is 6.30. The molecule has 0 aliphatic rings. The quantitative estimate of drug-likeness (QED) is 0.482. The standard InChI is InChI=1S/C20H13ClFN3/c1-12-5-4-8-18(23-12)20-24-17-7-3-2-6-15(17)19(25-20)14-10-9-13(21)11-16(14)22/h2-11H,1H3. The Balaban J connectivity index is 2.02. The zero-order chi connectivity index (χ0) is 17.4. The van der Waals surface area contributed by atoms with Crippen molar-refractivity contribution in [2.24, 2.45) is 0 Å². The molecule has 0 aliphatic heterocycles. The van der Waals surface area contributed by atoms with Gasteiger partial charge in [0.2, 0.25) is 0 Å². The molecule has 0 saturated carbocycles. The summed E-state index contributed by atoms with van der Waals surface area (Å²) in [5.74, 6) is 0.0475. The van der Waals surface area contributed by atoms with Crippen LogP contribution in [-0.4, -0.2) is 15.0 Å². The molecular weight excluding hydrogens is 337 g/mol. The molecule has 0 spiro atoms. The van der Waals surface area contributed by atoms with E-state index >= 15 is 0 Å². The smallest absolute Gasteiger partial charge is 0.179 e. The van der Waals surface area contributed by atoms with Gasteiger partial charge in [-0.2, -0.15) is 0 Å². The van der Waals surface area contributed by atoms with Crippen LogP contribution in [0.25, 0.3) is 33.7 Å². The van der Waals surface area contributed by atoms with Crippen LogP contribution < -0.4 is 0 Å². The summed E-state index contributed by atoms with van der Waals surface area (Å²) in [6.07, 6.45) is 0. The number of fused-ring (bicyclic) bond motifs is 1. The van der Waals surface area contributed by atoms with Crippen LogP contribution in [0.4, 0.5) is 4.39 Å². The minimum atomic E-state index is -0.417. The van der Waals surface area contributed by atoms with E-state index in [4.69, 9.17) is 11.6 Å². The number of pyridine rings is 1. The molecule has 0 N–H and O–H groups in total. The Hall–Kier alpha value is -2.85. The second-order valence-electron chi connectivity index (χ2n) is 5.70. The summed E-state index contributed by atoms with van der Waals surface area (Å²) in [7, 11) is 0. The van der Waals surface area contributed by atoms with Crippen molar-refractivity contribution >= 4 is 22.5 Å². The van der Waals surface area contributed by atoms with Gasteiger partial charge in [0.05, 0.1) is 11.2 Å². The first-order valence-electron chi connectivity index (χ1n) is 7.78. The predicted octanol–water partition coefficient (Wildman–Crippen LogP) is 5.46. The Morgan fingerprint density at radius 3 is 2.52 bits per heavy atom. The van der Waals surface area contributed by atoms with Gasteiger partial charge >= 0.3 is 0 Å². The van der Waals surface area contributed by atoms with Crippen molar-refractivity contribution in [1.82, 2.24) is 15.0 Å². The number of benzene rings is 2. The first kappa shape index (κ1) is 15.7. The van der Waals surface area contributed by atoms with E-state index in [0.29, 0.717) is 27.8 Å². The number of rotatable bonds is 2. The van der Waals surface area contributed by atoms with Crippen molar-refractivity contribution in [3.63, 3.8) is 0 Å². The number of nitrogens with zero attached hydrogens (tertiary/aromatic N) is 3. The second kappa shape index (κ2) is 6.22. The predicted molar refractivity (Wildman–Crippen MR) is 97.9 cm³/mol. The molecule has 25 heavy (non-hydrogen) atoms. The number of aryl methyl sites for hydroxylation is 1. The van der Waals surface area contributed by atoms with Crippen LogP contribution >= 0.6 is 11.6 Å². The molecule has 2 heterocycles. The van der Waals surface area contributed by atoms with Crippen LogP contribution in [-0.2, 0) is 0 Å². The fraction of sp³-hybridized carbons (Fsp3) is 0.0500. The van der Waals surface area contributed by atoms with E-state index in [2.05, 4.69) is 15.0 Å². The normalized spacial score (nSPS) is 11.0. The molecule has 0 unspecified atom stereocenters. The zero-order valence-corrected chi connectivity index (χ0v) is 14.1. The Labute approximate surface area is 149 Å². The van der Waals surface area contributed by atoms with Gasteiger partial charge in [0.25, 0.3) is 0 Å². The minimum Gasteiger partial charge on any atom is -0.250 e. The highest BCUT2D eigenvalue weighted by atomic mass is 35.5. The van der Waals surface area contributed by atoms with E-state index in [1.54, 1.807) is 12.1 Å². The van der Waals surface area contributed by atoms with Crippen LogP contribution in [0.1, 0.15) is 5.69 Å². The van der Waals surface area contributed by atoms with E-state index in [-0.39, 0.29) is 0 Å². The fourth-order valence-corrected chi connectivity index (χ4v) is 2.90. The molecule has 0 atom stereocenters. The third-order valence-corrected chi connectivity index (χ3v) is 4.14. The molecule has 0 bridgehead atoms. The van der Waals surface area contributed by atoms with Gasteiger partial charge in [-0.1, -0.05) is 35.9 Å². The van der Waals surface area contributed by atoms with Gasteiger partial charge in [0, 0.05) is 21.7 Å². The summed E-state index contributed by atoms with van der Waals surface area (Å²) < 4.78 is 14.5. The minimum absolute atomic E-state index is 0.347. The number of hydrogen-bond donors (Lipinski definition) is 0. The largest absolute Gasteiger partial charge is 0.250 e. The van der Waals surface area contributed by atoms with E-state index in [1.807, 2.05) is 49.4 Å². The monoisotopic (exact) mass is 349 g/mol. The third kappa shape index (κ3) is 2.96. The lowest BCUT2D eigenvalue weighted by molar-refractivity contribution is 0.631. The molecule has 4 rings (SSSR count). The molecule has 0 amide bonds. The van der Waals surface area contributed by atoms with Crippen molar-refractivity contribution in [2.75, 3.05) is 0 Å². The molecular formula is C20H13ClFN3. The van der Waals surface area contributed by atoms with Crippen LogP contribution in [0.15, 0.2) is 60.7 Å². The summed E-state index contributed by atoms with van der Waals surface area (Å²) in [5, 5.41) is 1.13. The molecule has 5 heteroatoms. The highest BCUT2D eigenvalue weighted by Crippen LogP contribution is 2.31. The van der Waals surface area contributed by atoms with Crippen LogP contribution in [0.5, 0.6) is 0 Å². The van der Waals surface area contributed by atoms with Crippen LogP contribution in [0.2, 0.25) is 5.02 Å². The number of aromatic nitrogens is 3. The maximum absolute atomic E-state index is 14.5. The first-order valence-corrected chi connectivity index (χ1v) is 8.16. The number of hydrogen-bond acceptors (Lipinski definition) is 3. The molecule has 2 aromatic heterocycles. The Morgan fingerprint density at radius 2 is 1.72 bits per heavy atom. The summed E-state index contributed by atoms with van der Waals surface area (Å²) in [4.78, 5) is 13.7. The SMILES string of the molecule is Cc1cccc(-c2nc(-c3ccc(Cl)cc3F)c3ccccc3n2)n1. The highest BCUT2D eigenvalue weighted by Gasteiger charge is 2.15.